The smallest absolute Gasteiger partial charge is 0.227 e. The SMILES string of the molecule is Cl.Cl.Nc1cccc(CC(=O)N2CCN(Cc3ccccn3)CC2)c1. The summed E-state index contributed by atoms with van der Waals surface area (Å²) in [5, 5.41) is 0. The van der Waals surface area contributed by atoms with Crippen LogP contribution in [0.5, 0.6) is 0 Å². The summed E-state index contributed by atoms with van der Waals surface area (Å²) < 4.78 is 0. The fourth-order valence-corrected chi connectivity index (χ4v) is 2.87. The zero-order valence-corrected chi connectivity index (χ0v) is 15.6. The van der Waals surface area contributed by atoms with Crippen LogP contribution in [0.4, 0.5) is 5.69 Å². The van der Waals surface area contributed by atoms with Gasteiger partial charge in [-0.05, 0) is 29.8 Å². The molecule has 1 saturated heterocycles. The van der Waals surface area contributed by atoms with Crippen molar-refractivity contribution in [2.24, 2.45) is 0 Å². The molecule has 2 heterocycles. The maximum Gasteiger partial charge on any atom is 0.227 e. The Hall–Kier alpha value is -1.82. The Labute approximate surface area is 161 Å². The van der Waals surface area contributed by atoms with Crippen LogP contribution in [0.3, 0.4) is 0 Å². The van der Waals surface area contributed by atoms with Gasteiger partial charge in [0.05, 0.1) is 12.1 Å². The van der Waals surface area contributed by atoms with Crippen molar-refractivity contribution >= 4 is 36.4 Å². The minimum Gasteiger partial charge on any atom is -0.399 e. The number of nitrogen functional groups attached to an aromatic ring is 1. The summed E-state index contributed by atoms with van der Waals surface area (Å²) in [4.78, 5) is 21.0. The Kier molecular flexibility index (Phi) is 8.69. The number of carbonyl (C=O) groups excluding carboxylic acids is 1. The molecule has 1 aliphatic heterocycles. The van der Waals surface area contributed by atoms with Crippen LogP contribution in [0.25, 0.3) is 0 Å². The molecular weight excluding hydrogens is 359 g/mol. The predicted molar refractivity (Wildman–Crippen MR) is 105 cm³/mol. The number of nitrogens with zero attached hydrogens (tertiary/aromatic N) is 3. The van der Waals surface area contributed by atoms with Crippen molar-refractivity contribution in [2.75, 3.05) is 31.9 Å². The molecule has 0 bridgehead atoms. The lowest BCUT2D eigenvalue weighted by Crippen LogP contribution is -2.48. The van der Waals surface area contributed by atoms with Gasteiger partial charge in [0.25, 0.3) is 0 Å². The lowest BCUT2D eigenvalue weighted by molar-refractivity contribution is -0.132. The topological polar surface area (TPSA) is 62.5 Å². The van der Waals surface area contributed by atoms with Gasteiger partial charge in [-0.15, -0.1) is 24.8 Å². The Balaban J connectivity index is 0.00000156. The lowest BCUT2D eigenvalue weighted by Gasteiger charge is -2.34. The predicted octanol–water partition coefficient (Wildman–Crippen LogP) is 2.39. The number of amides is 1. The van der Waals surface area contributed by atoms with Gasteiger partial charge in [-0.25, -0.2) is 0 Å². The highest BCUT2D eigenvalue weighted by atomic mass is 35.5. The Morgan fingerprint density at radius 3 is 2.44 bits per heavy atom. The number of nitrogens with two attached hydrogens (primary N) is 1. The highest BCUT2D eigenvalue weighted by Crippen LogP contribution is 2.11. The van der Waals surface area contributed by atoms with E-state index < -0.39 is 0 Å². The Morgan fingerprint density at radius 1 is 1.04 bits per heavy atom. The average Bonchev–Trinajstić information content (AvgIpc) is 2.56. The first-order chi connectivity index (χ1) is 11.2. The van der Waals surface area contributed by atoms with Crippen LogP contribution in [0.15, 0.2) is 48.7 Å². The first-order valence-corrected chi connectivity index (χ1v) is 7.95. The van der Waals surface area contributed by atoms with Crippen molar-refractivity contribution in [2.45, 2.75) is 13.0 Å². The highest BCUT2D eigenvalue weighted by Gasteiger charge is 2.21. The van der Waals surface area contributed by atoms with Crippen LogP contribution in [-0.2, 0) is 17.8 Å². The number of hydrogen-bond donors (Lipinski definition) is 1. The van der Waals surface area contributed by atoms with E-state index in [2.05, 4.69) is 9.88 Å². The first-order valence-electron chi connectivity index (χ1n) is 7.95. The fraction of sp³-hybridized carbons (Fsp3) is 0.333. The van der Waals surface area contributed by atoms with Crippen LogP contribution in [0.2, 0.25) is 0 Å². The van der Waals surface area contributed by atoms with Crippen molar-refractivity contribution in [3.05, 3.63) is 59.9 Å². The molecule has 0 atom stereocenters. The number of hydrogen-bond acceptors (Lipinski definition) is 4. The molecule has 3 rings (SSSR count). The summed E-state index contributed by atoms with van der Waals surface area (Å²) in [5.41, 5.74) is 8.52. The molecule has 0 spiro atoms. The third kappa shape index (κ3) is 6.20. The highest BCUT2D eigenvalue weighted by molar-refractivity contribution is 5.85. The Bertz CT molecular complexity index is 661. The molecule has 136 valence electrons. The van der Waals surface area contributed by atoms with Crippen molar-refractivity contribution in [1.29, 1.82) is 0 Å². The molecule has 1 aliphatic rings. The summed E-state index contributed by atoms with van der Waals surface area (Å²) in [7, 11) is 0. The van der Waals surface area contributed by atoms with E-state index in [1.165, 1.54) is 0 Å². The first kappa shape index (κ1) is 21.2. The molecule has 0 radical (unpaired) electrons. The summed E-state index contributed by atoms with van der Waals surface area (Å²) in [6, 6.07) is 13.5. The number of piperazine rings is 1. The number of halogens is 2. The van der Waals surface area contributed by atoms with Crippen LogP contribution >= 0.6 is 24.8 Å². The third-order valence-corrected chi connectivity index (χ3v) is 4.14. The number of benzene rings is 1. The van der Waals surface area contributed by atoms with Gasteiger partial charge in [0.1, 0.15) is 0 Å². The van der Waals surface area contributed by atoms with Gasteiger partial charge in [-0.2, -0.15) is 0 Å². The van der Waals surface area contributed by atoms with Crippen molar-refractivity contribution in [3.63, 3.8) is 0 Å². The standard InChI is InChI=1S/C18H22N4O.2ClH/c19-16-5-3-4-15(12-16)13-18(23)22-10-8-21(9-11-22)14-17-6-1-2-7-20-17;;/h1-7,12H,8-11,13-14,19H2;2*1H. The largest absolute Gasteiger partial charge is 0.399 e. The average molecular weight is 383 g/mol. The number of aromatic nitrogens is 1. The molecule has 25 heavy (non-hydrogen) atoms. The Morgan fingerprint density at radius 2 is 1.80 bits per heavy atom. The summed E-state index contributed by atoms with van der Waals surface area (Å²) in [5.74, 6) is 0.174. The van der Waals surface area contributed by atoms with Crippen molar-refractivity contribution in [1.82, 2.24) is 14.8 Å². The van der Waals surface area contributed by atoms with E-state index in [1.807, 2.05) is 53.6 Å². The van der Waals surface area contributed by atoms with Crippen molar-refractivity contribution < 1.29 is 4.79 Å². The molecule has 0 unspecified atom stereocenters. The second-order valence-corrected chi connectivity index (χ2v) is 5.90. The number of anilines is 1. The molecule has 7 heteroatoms. The molecule has 1 aromatic heterocycles. The van der Waals surface area contributed by atoms with Crippen LogP contribution in [0.1, 0.15) is 11.3 Å². The van der Waals surface area contributed by atoms with E-state index in [4.69, 9.17) is 5.73 Å². The van der Waals surface area contributed by atoms with E-state index in [9.17, 15) is 4.79 Å². The third-order valence-electron chi connectivity index (χ3n) is 4.14. The molecule has 1 amide bonds. The van der Waals surface area contributed by atoms with E-state index in [0.717, 1.165) is 44.0 Å². The van der Waals surface area contributed by atoms with Gasteiger partial charge >= 0.3 is 0 Å². The van der Waals surface area contributed by atoms with Crippen molar-refractivity contribution in [3.8, 4) is 0 Å². The van der Waals surface area contributed by atoms with E-state index in [-0.39, 0.29) is 30.7 Å². The van der Waals surface area contributed by atoms with Gasteiger partial charge in [0.15, 0.2) is 0 Å². The van der Waals surface area contributed by atoms with Crippen LogP contribution in [0, 0.1) is 0 Å². The van der Waals surface area contributed by atoms with Crippen LogP contribution < -0.4 is 5.73 Å². The number of pyridine rings is 1. The van der Waals surface area contributed by atoms with Gasteiger partial charge in [-0.3, -0.25) is 14.7 Å². The summed E-state index contributed by atoms with van der Waals surface area (Å²) >= 11 is 0. The maximum atomic E-state index is 12.4. The summed E-state index contributed by atoms with van der Waals surface area (Å²) in [6.07, 6.45) is 2.24. The van der Waals surface area contributed by atoms with E-state index in [0.29, 0.717) is 12.1 Å². The fourth-order valence-electron chi connectivity index (χ4n) is 2.87. The molecule has 2 aromatic rings. The molecular formula is C18H24Cl2N4O. The zero-order valence-electron chi connectivity index (χ0n) is 14.0. The summed E-state index contributed by atoms with van der Waals surface area (Å²) in [6.45, 7) is 4.17. The number of carbonyl (C=O) groups is 1. The molecule has 1 fully saturated rings. The minimum absolute atomic E-state index is 0. The van der Waals surface area contributed by atoms with E-state index in [1.54, 1.807) is 0 Å². The number of rotatable bonds is 4. The molecule has 2 N–H and O–H groups in total. The lowest BCUT2D eigenvalue weighted by atomic mass is 10.1. The second-order valence-electron chi connectivity index (χ2n) is 5.90. The minimum atomic E-state index is 0. The molecule has 0 saturated carbocycles. The van der Waals surface area contributed by atoms with Gasteiger partial charge in [0, 0.05) is 44.6 Å². The molecule has 0 aliphatic carbocycles. The van der Waals surface area contributed by atoms with Crippen LogP contribution in [-0.4, -0.2) is 46.9 Å². The zero-order chi connectivity index (χ0) is 16.1. The van der Waals surface area contributed by atoms with Gasteiger partial charge in [0.2, 0.25) is 5.91 Å². The second kappa shape index (κ2) is 10.2. The quantitative estimate of drug-likeness (QED) is 0.824. The van der Waals surface area contributed by atoms with Gasteiger partial charge in [-0.1, -0.05) is 18.2 Å². The maximum absolute atomic E-state index is 12.4. The van der Waals surface area contributed by atoms with Gasteiger partial charge < -0.3 is 10.6 Å². The normalized spacial score (nSPS) is 14.3. The molecule has 1 aromatic carbocycles. The molecule has 5 nitrogen and oxygen atoms in total. The monoisotopic (exact) mass is 382 g/mol. The van der Waals surface area contributed by atoms with E-state index >= 15 is 0 Å².